The van der Waals surface area contributed by atoms with E-state index in [9.17, 15) is 0 Å². The average Bonchev–Trinajstić information content (AvgIpc) is 2.65. The minimum absolute atomic E-state index is 0.518. The summed E-state index contributed by atoms with van der Waals surface area (Å²) in [6.07, 6.45) is 6.35. The fourth-order valence-corrected chi connectivity index (χ4v) is 2.93. The van der Waals surface area contributed by atoms with Gasteiger partial charge in [0.05, 0.1) is 5.69 Å². The molecule has 2 aromatic rings. The van der Waals surface area contributed by atoms with Crippen molar-refractivity contribution in [3.63, 3.8) is 0 Å². The first-order valence-electron chi connectivity index (χ1n) is 9.13. The highest BCUT2D eigenvalue weighted by atomic mass is 15.4. The molecular weight excluding hydrogens is 348 g/mol. The minimum Gasteiger partial charge on any atom is -0.398 e. The number of aliphatic imine (C=N–C) groups is 1. The highest BCUT2D eigenvalue weighted by molar-refractivity contribution is 5.94. The van der Waals surface area contributed by atoms with Gasteiger partial charge >= 0.3 is 0 Å². The van der Waals surface area contributed by atoms with Crippen LogP contribution in [0.15, 0.2) is 58.7 Å². The molecule has 28 heavy (non-hydrogen) atoms. The van der Waals surface area contributed by atoms with Crippen LogP contribution in [0.2, 0.25) is 0 Å². The minimum atomic E-state index is 0.518. The third kappa shape index (κ3) is 5.45. The van der Waals surface area contributed by atoms with E-state index < -0.39 is 0 Å². The predicted octanol–water partition coefficient (Wildman–Crippen LogP) is 3.09. The van der Waals surface area contributed by atoms with Crippen molar-refractivity contribution in [2.75, 3.05) is 30.1 Å². The third-order valence-corrected chi connectivity index (χ3v) is 4.37. The maximum Gasteiger partial charge on any atom is 0.0676 e. The smallest absolute Gasteiger partial charge is 0.0676 e. The summed E-state index contributed by atoms with van der Waals surface area (Å²) in [5, 5.41) is 1.58. The van der Waals surface area contributed by atoms with E-state index >= 15 is 0 Å². The number of nitrogens with two attached hydrogens (primary N) is 4. The Morgan fingerprint density at radius 1 is 1.07 bits per heavy atom. The molecule has 0 radical (unpaired) electrons. The van der Waals surface area contributed by atoms with Crippen molar-refractivity contribution in [2.45, 2.75) is 20.3 Å². The summed E-state index contributed by atoms with van der Waals surface area (Å²) < 4.78 is 0. The van der Waals surface area contributed by atoms with Crippen molar-refractivity contribution in [1.82, 2.24) is 0 Å². The molecule has 0 fully saturated rings. The van der Waals surface area contributed by atoms with Gasteiger partial charge in [0.25, 0.3) is 0 Å². The maximum atomic E-state index is 6.27. The molecule has 0 amide bonds. The lowest BCUT2D eigenvalue weighted by Crippen LogP contribution is -2.26. The van der Waals surface area contributed by atoms with E-state index in [1.54, 1.807) is 18.3 Å². The number of allylic oxidation sites excluding steroid dienone is 1. The van der Waals surface area contributed by atoms with E-state index in [-0.39, 0.29) is 0 Å². The molecule has 0 atom stereocenters. The van der Waals surface area contributed by atoms with Crippen LogP contribution in [0.3, 0.4) is 0 Å². The second-order valence-corrected chi connectivity index (χ2v) is 6.88. The van der Waals surface area contributed by atoms with Crippen LogP contribution in [0.1, 0.15) is 30.5 Å². The Bertz CT molecular complexity index is 911. The number of nitrogens with zero attached hydrogens (tertiary/aromatic N) is 2. The number of anilines is 3. The normalized spacial score (nSPS) is 12.6. The highest BCUT2D eigenvalue weighted by Gasteiger charge is 2.08. The summed E-state index contributed by atoms with van der Waals surface area (Å²) in [7, 11) is 1.70. The summed E-state index contributed by atoms with van der Waals surface area (Å²) in [5.41, 5.74) is 25.1. The number of hydrogen-bond donors (Lipinski definition) is 4. The number of hydrazine groups is 1. The molecule has 0 aliphatic heterocycles. The molecule has 148 valence electrons. The number of rotatable bonds is 7. The Labute approximate surface area is 167 Å². The van der Waals surface area contributed by atoms with Gasteiger partial charge in [-0.3, -0.25) is 10.0 Å². The third-order valence-electron chi connectivity index (χ3n) is 4.37. The molecule has 0 spiro atoms. The van der Waals surface area contributed by atoms with E-state index in [4.69, 9.17) is 23.0 Å². The van der Waals surface area contributed by atoms with Gasteiger partial charge in [-0.25, -0.2) is 5.84 Å². The molecule has 6 nitrogen and oxygen atoms in total. The maximum absolute atomic E-state index is 6.27. The number of nitrogen functional groups attached to an aromatic ring is 2. The summed E-state index contributed by atoms with van der Waals surface area (Å²) in [6.45, 7) is 4.54. The van der Waals surface area contributed by atoms with Gasteiger partial charge in [0.2, 0.25) is 0 Å². The molecule has 0 aliphatic rings. The van der Waals surface area contributed by atoms with E-state index in [2.05, 4.69) is 11.1 Å². The molecule has 0 bridgehead atoms. The van der Waals surface area contributed by atoms with E-state index in [0.29, 0.717) is 12.2 Å². The van der Waals surface area contributed by atoms with Crippen LogP contribution < -0.4 is 28.1 Å². The number of hydrogen-bond acceptors (Lipinski definition) is 6. The van der Waals surface area contributed by atoms with Crippen LogP contribution in [0.5, 0.6) is 0 Å². The summed E-state index contributed by atoms with van der Waals surface area (Å²) in [4.78, 5) is 4.07. The first kappa shape index (κ1) is 21.2. The SMILES string of the molecule is CN=Cc1c(N)cccc1N(N)/C=C(\C)Cc1ccc(/C=C(\C)CN)c(N)c1. The van der Waals surface area contributed by atoms with E-state index in [1.165, 1.54) is 0 Å². The molecule has 0 aromatic heterocycles. The van der Waals surface area contributed by atoms with Crippen LogP contribution >= 0.6 is 0 Å². The number of benzene rings is 2. The van der Waals surface area contributed by atoms with Gasteiger partial charge in [-0.05, 0) is 49.6 Å². The van der Waals surface area contributed by atoms with E-state index in [1.807, 2.05) is 56.5 Å². The lowest BCUT2D eigenvalue weighted by atomic mass is 10.0. The first-order valence-corrected chi connectivity index (χ1v) is 9.13. The Morgan fingerprint density at radius 3 is 2.46 bits per heavy atom. The van der Waals surface area contributed by atoms with Gasteiger partial charge < -0.3 is 17.2 Å². The molecule has 0 saturated heterocycles. The van der Waals surface area contributed by atoms with Gasteiger partial charge in [-0.2, -0.15) is 0 Å². The Morgan fingerprint density at radius 2 is 1.82 bits per heavy atom. The lowest BCUT2D eigenvalue weighted by Gasteiger charge is -2.19. The first-order chi connectivity index (χ1) is 13.3. The van der Waals surface area contributed by atoms with Crippen molar-refractivity contribution in [1.29, 1.82) is 0 Å². The summed E-state index contributed by atoms with van der Waals surface area (Å²) in [6, 6.07) is 11.7. The second kappa shape index (κ2) is 9.73. The van der Waals surface area contributed by atoms with Crippen molar-refractivity contribution in [3.8, 4) is 0 Å². The monoisotopic (exact) mass is 378 g/mol. The highest BCUT2D eigenvalue weighted by Crippen LogP contribution is 2.24. The average molecular weight is 379 g/mol. The van der Waals surface area contributed by atoms with Crippen LogP contribution in [0, 0.1) is 0 Å². The topological polar surface area (TPSA) is 120 Å². The van der Waals surface area contributed by atoms with Gasteiger partial charge in [-0.1, -0.05) is 35.4 Å². The quantitative estimate of drug-likeness (QED) is 0.255. The predicted molar refractivity (Wildman–Crippen MR) is 122 cm³/mol. The fraction of sp³-hybridized carbons (Fsp3) is 0.227. The second-order valence-electron chi connectivity index (χ2n) is 6.88. The van der Waals surface area contributed by atoms with Gasteiger partial charge in [0.15, 0.2) is 0 Å². The van der Waals surface area contributed by atoms with Crippen molar-refractivity contribution in [3.05, 3.63) is 70.4 Å². The molecule has 0 saturated carbocycles. The molecule has 0 heterocycles. The van der Waals surface area contributed by atoms with Crippen LogP contribution in [0.25, 0.3) is 6.08 Å². The van der Waals surface area contributed by atoms with E-state index in [0.717, 1.165) is 45.6 Å². The van der Waals surface area contributed by atoms with Crippen molar-refractivity contribution >= 4 is 29.4 Å². The molecule has 0 aliphatic carbocycles. The Balaban J connectivity index is 2.21. The van der Waals surface area contributed by atoms with Gasteiger partial charge in [0.1, 0.15) is 0 Å². The zero-order chi connectivity index (χ0) is 20.7. The van der Waals surface area contributed by atoms with Gasteiger partial charge in [-0.15, -0.1) is 0 Å². The zero-order valence-electron chi connectivity index (χ0n) is 16.8. The van der Waals surface area contributed by atoms with Crippen molar-refractivity contribution in [2.24, 2.45) is 16.6 Å². The standard InChI is InChI=1S/C22H30N6/c1-15(12-23)10-18-8-7-17(11-21(18)25)9-16(2)14-28(26)22-6-4-5-20(24)19(22)13-27-3/h4-8,10-11,13-14H,9,12,23-26H2,1-3H3/b15-10+,16-14+,27-13?. The lowest BCUT2D eigenvalue weighted by molar-refractivity contribution is 1.03. The van der Waals surface area contributed by atoms with Crippen molar-refractivity contribution < 1.29 is 0 Å². The van der Waals surface area contributed by atoms with Crippen LogP contribution in [0.4, 0.5) is 17.1 Å². The molecule has 2 aromatic carbocycles. The Hall–Kier alpha value is -3.09. The summed E-state index contributed by atoms with van der Waals surface area (Å²) >= 11 is 0. The molecular formula is C22H30N6. The van der Waals surface area contributed by atoms with Gasteiger partial charge in [0, 0.05) is 42.9 Å². The largest absolute Gasteiger partial charge is 0.398 e. The zero-order valence-corrected chi connectivity index (χ0v) is 16.8. The molecule has 8 N–H and O–H groups in total. The fourth-order valence-electron chi connectivity index (χ4n) is 2.93. The molecule has 6 heteroatoms. The Kier molecular flexibility index (Phi) is 7.37. The van der Waals surface area contributed by atoms with Crippen LogP contribution in [-0.2, 0) is 6.42 Å². The molecule has 2 rings (SSSR count). The molecule has 0 unspecified atom stereocenters. The summed E-state index contributed by atoms with van der Waals surface area (Å²) in [5.74, 6) is 6.27. The van der Waals surface area contributed by atoms with Crippen LogP contribution in [-0.4, -0.2) is 19.8 Å².